The predicted octanol–water partition coefficient (Wildman–Crippen LogP) is 4.33. The Morgan fingerprint density at radius 2 is 1.89 bits per heavy atom. The first-order chi connectivity index (χ1) is 8.97. The van der Waals surface area contributed by atoms with E-state index in [0.717, 1.165) is 28.1 Å². The van der Waals surface area contributed by atoms with Gasteiger partial charge in [0.25, 0.3) is 0 Å². The van der Waals surface area contributed by atoms with Gasteiger partial charge in [-0.15, -0.1) is 0 Å². The SMILES string of the molecule is Cc1ccc(Cl)c(Nc2ccc(C(N)=S)c(C)c2)c1. The summed E-state index contributed by atoms with van der Waals surface area (Å²) in [7, 11) is 0. The van der Waals surface area contributed by atoms with Crippen LogP contribution in [-0.4, -0.2) is 4.99 Å². The molecular formula is C15H15ClN2S. The molecule has 0 saturated heterocycles. The van der Waals surface area contributed by atoms with Crippen molar-refractivity contribution in [2.24, 2.45) is 5.73 Å². The van der Waals surface area contributed by atoms with Crippen LogP contribution in [0.2, 0.25) is 5.02 Å². The Balaban J connectivity index is 2.31. The molecular weight excluding hydrogens is 276 g/mol. The van der Waals surface area contributed by atoms with Crippen LogP contribution in [0.15, 0.2) is 36.4 Å². The maximum absolute atomic E-state index is 6.16. The van der Waals surface area contributed by atoms with Crippen molar-refractivity contribution in [2.75, 3.05) is 5.32 Å². The van der Waals surface area contributed by atoms with Crippen molar-refractivity contribution in [1.29, 1.82) is 0 Å². The van der Waals surface area contributed by atoms with Crippen molar-refractivity contribution < 1.29 is 0 Å². The maximum Gasteiger partial charge on any atom is 0.104 e. The van der Waals surface area contributed by atoms with Gasteiger partial charge in [0.2, 0.25) is 0 Å². The first-order valence-electron chi connectivity index (χ1n) is 5.91. The topological polar surface area (TPSA) is 38.0 Å². The molecule has 2 aromatic carbocycles. The number of hydrogen-bond donors (Lipinski definition) is 2. The van der Waals surface area contributed by atoms with Crippen LogP contribution in [0, 0.1) is 13.8 Å². The Morgan fingerprint density at radius 1 is 1.16 bits per heavy atom. The molecule has 0 amide bonds. The molecule has 98 valence electrons. The van der Waals surface area contributed by atoms with Crippen LogP contribution in [0.1, 0.15) is 16.7 Å². The molecule has 0 aliphatic rings. The monoisotopic (exact) mass is 290 g/mol. The molecule has 0 atom stereocenters. The van der Waals surface area contributed by atoms with Crippen LogP contribution in [0.3, 0.4) is 0 Å². The summed E-state index contributed by atoms with van der Waals surface area (Å²) in [5.74, 6) is 0. The standard InChI is InChI=1S/C15H15ClN2S/c1-9-3-6-13(16)14(7-9)18-11-4-5-12(15(17)19)10(2)8-11/h3-8,18H,1-2H3,(H2,17,19). The molecule has 0 aliphatic heterocycles. The second kappa shape index (κ2) is 5.59. The van der Waals surface area contributed by atoms with Crippen LogP contribution in [0.25, 0.3) is 0 Å². The molecule has 0 heterocycles. The van der Waals surface area contributed by atoms with Crippen LogP contribution >= 0.6 is 23.8 Å². The number of benzene rings is 2. The van der Waals surface area contributed by atoms with E-state index in [1.807, 2.05) is 50.2 Å². The lowest BCUT2D eigenvalue weighted by Crippen LogP contribution is -2.11. The highest BCUT2D eigenvalue weighted by Gasteiger charge is 2.05. The third kappa shape index (κ3) is 3.25. The molecule has 2 nitrogen and oxygen atoms in total. The molecule has 0 aromatic heterocycles. The maximum atomic E-state index is 6.16. The highest BCUT2D eigenvalue weighted by Crippen LogP contribution is 2.27. The Hall–Kier alpha value is -1.58. The average molecular weight is 291 g/mol. The Labute approximate surface area is 123 Å². The second-order valence-electron chi connectivity index (χ2n) is 4.50. The molecule has 0 radical (unpaired) electrons. The van der Waals surface area contributed by atoms with Crippen molar-refractivity contribution >= 4 is 40.2 Å². The summed E-state index contributed by atoms with van der Waals surface area (Å²) in [6.07, 6.45) is 0. The van der Waals surface area contributed by atoms with Gasteiger partial charge in [0.05, 0.1) is 10.7 Å². The number of hydrogen-bond acceptors (Lipinski definition) is 2. The minimum atomic E-state index is 0.414. The summed E-state index contributed by atoms with van der Waals surface area (Å²) in [5, 5.41) is 4.00. The van der Waals surface area contributed by atoms with Gasteiger partial charge in [0, 0.05) is 11.3 Å². The van der Waals surface area contributed by atoms with Gasteiger partial charge in [0.15, 0.2) is 0 Å². The number of halogens is 1. The Morgan fingerprint density at radius 3 is 2.53 bits per heavy atom. The van der Waals surface area contributed by atoms with E-state index in [-0.39, 0.29) is 0 Å². The summed E-state index contributed by atoms with van der Waals surface area (Å²) in [6.45, 7) is 4.01. The van der Waals surface area contributed by atoms with Crippen molar-refractivity contribution in [3.05, 3.63) is 58.1 Å². The molecule has 2 rings (SSSR count). The van der Waals surface area contributed by atoms with Crippen molar-refractivity contribution in [3.8, 4) is 0 Å². The van der Waals surface area contributed by atoms with Gasteiger partial charge in [-0.1, -0.05) is 29.9 Å². The Kier molecular flexibility index (Phi) is 4.08. The van der Waals surface area contributed by atoms with E-state index in [0.29, 0.717) is 10.0 Å². The molecule has 4 heteroatoms. The van der Waals surface area contributed by atoms with E-state index in [1.54, 1.807) is 0 Å². The molecule has 2 aromatic rings. The van der Waals surface area contributed by atoms with E-state index >= 15 is 0 Å². The van der Waals surface area contributed by atoms with E-state index in [2.05, 4.69) is 5.32 Å². The zero-order valence-electron chi connectivity index (χ0n) is 10.8. The Bertz CT molecular complexity index is 638. The highest BCUT2D eigenvalue weighted by atomic mass is 35.5. The molecule has 0 bridgehead atoms. The molecule has 0 aliphatic carbocycles. The predicted molar refractivity (Wildman–Crippen MR) is 86.5 cm³/mol. The van der Waals surface area contributed by atoms with E-state index in [4.69, 9.17) is 29.6 Å². The van der Waals surface area contributed by atoms with Crippen LogP contribution in [-0.2, 0) is 0 Å². The van der Waals surface area contributed by atoms with Gasteiger partial charge in [0.1, 0.15) is 4.99 Å². The molecule has 0 spiro atoms. The van der Waals surface area contributed by atoms with Crippen LogP contribution < -0.4 is 11.1 Å². The fourth-order valence-corrected chi connectivity index (χ4v) is 2.30. The first kappa shape index (κ1) is 13.8. The minimum Gasteiger partial charge on any atom is -0.389 e. The van der Waals surface area contributed by atoms with Gasteiger partial charge in [-0.2, -0.15) is 0 Å². The number of anilines is 2. The molecule has 0 fully saturated rings. The number of aryl methyl sites for hydroxylation is 2. The minimum absolute atomic E-state index is 0.414. The van der Waals surface area contributed by atoms with Gasteiger partial charge >= 0.3 is 0 Å². The summed E-state index contributed by atoms with van der Waals surface area (Å²) < 4.78 is 0. The lowest BCUT2D eigenvalue weighted by molar-refractivity contribution is 1.41. The second-order valence-corrected chi connectivity index (χ2v) is 5.35. The molecule has 0 unspecified atom stereocenters. The van der Waals surface area contributed by atoms with E-state index in [1.165, 1.54) is 0 Å². The lowest BCUT2D eigenvalue weighted by Gasteiger charge is -2.11. The van der Waals surface area contributed by atoms with Crippen LogP contribution in [0.4, 0.5) is 11.4 Å². The van der Waals surface area contributed by atoms with Crippen molar-refractivity contribution in [1.82, 2.24) is 0 Å². The summed E-state index contributed by atoms with van der Waals surface area (Å²) in [4.78, 5) is 0.414. The molecule has 19 heavy (non-hydrogen) atoms. The zero-order chi connectivity index (χ0) is 14.0. The van der Waals surface area contributed by atoms with Gasteiger partial charge < -0.3 is 11.1 Å². The van der Waals surface area contributed by atoms with E-state index < -0.39 is 0 Å². The average Bonchev–Trinajstić information content (AvgIpc) is 2.33. The third-order valence-electron chi connectivity index (χ3n) is 2.89. The highest BCUT2D eigenvalue weighted by molar-refractivity contribution is 7.80. The largest absolute Gasteiger partial charge is 0.389 e. The summed E-state index contributed by atoms with van der Waals surface area (Å²) in [5.41, 5.74) is 10.6. The third-order valence-corrected chi connectivity index (χ3v) is 3.44. The smallest absolute Gasteiger partial charge is 0.104 e. The van der Waals surface area contributed by atoms with Gasteiger partial charge in [-0.05, 0) is 55.3 Å². The van der Waals surface area contributed by atoms with Crippen molar-refractivity contribution in [2.45, 2.75) is 13.8 Å². The quantitative estimate of drug-likeness (QED) is 0.826. The fourth-order valence-electron chi connectivity index (χ4n) is 1.91. The van der Waals surface area contributed by atoms with Crippen LogP contribution in [0.5, 0.6) is 0 Å². The number of rotatable bonds is 3. The number of thiocarbonyl (C=S) groups is 1. The fraction of sp³-hybridized carbons (Fsp3) is 0.133. The lowest BCUT2D eigenvalue weighted by atomic mass is 10.1. The summed E-state index contributed by atoms with van der Waals surface area (Å²) >= 11 is 11.2. The van der Waals surface area contributed by atoms with Gasteiger partial charge in [-0.25, -0.2) is 0 Å². The van der Waals surface area contributed by atoms with Crippen molar-refractivity contribution in [3.63, 3.8) is 0 Å². The number of nitrogens with one attached hydrogen (secondary N) is 1. The molecule has 0 saturated carbocycles. The normalized spacial score (nSPS) is 10.3. The first-order valence-corrected chi connectivity index (χ1v) is 6.69. The number of nitrogens with two attached hydrogens (primary N) is 1. The van der Waals surface area contributed by atoms with Gasteiger partial charge in [-0.3, -0.25) is 0 Å². The molecule has 3 N–H and O–H groups in total. The van der Waals surface area contributed by atoms with E-state index in [9.17, 15) is 0 Å². The zero-order valence-corrected chi connectivity index (χ0v) is 12.4. The summed E-state index contributed by atoms with van der Waals surface area (Å²) in [6, 6.07) is 11.8.